The second kappa shape index (κ2) is 9.70. The van der Waals surface area contributed by atoms with Crippen molar-refractivity contribution in [3.8, 4) is 0 Å². The lowest BCUT2D eigenvalue weighted by atomic mass is 10.0. The Labute approximate surface area is 198 Å². The standard InChI is InChI=1S/C23H33FINO4Si/c1-9-29-22(28)16-12-26(19-11-17(24)18(25)10-15(19)21(16)27)20(14(2)3)13-30-31(7,8)23(4,5)6/h10-12,14,20H,9,13H2,1-8H3/t20-/m1/s1. The molecular weight excluding hydrogens is 528 g/mol. The summed E-state index contributed by atoms with van der Waals surface area (Å²) in [7, 11) is -2.03. The van der Waals surface area contributed by atoms with Gasteiger partial charge in [-0.3, -0.25) is 4.79 Å². The summed E-state index contributed by atoms with van der Waals surface area (Å²) in [4.78, 5) is 25.6. The maximum absolute atomic E-state index is 14.5. The summed E-state index contributed by atoms with van der Waals surface area (Å²) in [5.41, 5.74) is -0.0429. The first-order chi connectivity index (χ1) is 14.2. The summed E-state index contributed by atoms with van der Waals surface area (Å²) in [5, 5.41) is 0.340. The summed E-state index contributed by atoms with van der Waals surface area (Å²) >= 11 is 1.85. The van der Waals surface area contributed by atoms with E-state index >= 15 is 0 Å². The summed E-state index contributed by atoms with van der Waals surface area (Å²) in [6.07, 6.45) is 1.51. The van der Waals surface area contributed by atoms with Crippen LogP contribution in [0.25, 0.3) is 10.9 Å². The van der Waals surface area contributed by atoms with E-state index in [2.05, 4.69) is 47.7 Å². The Kier molecular flexibility index (Phi) is 8.13. The molecule has 0 amide bonds. The second-order valence-electron chi connectivity index (χ2n) is 9.67. The molecular formula is C23H33FINO4Si. The number of hydrogen-bond acceptors (Lipinski definition) is 4. The first-order valence-electron chi connectivity index (χ1n) is 10.6. The number of halogens is 2. The molecule has 0 aliphatic rings. The minimum atomic E-state index is -2.03. The molecule has 0 radical (unpaired) electrons. The molecule has 1 aromatic heterocycles. The quantitative estimate of drug-likeness (QED) is 0.232. The molecule has 0 saturated heterocycles. The normalized spacial score (nSPS) is 13.6. The molecule has 31 heavy (non-hydrogen) atoms. The molecule has 1 atom stereocenters. The van der Waals surface area contributed by atoms with E-state index in [4.69, 9.17) is 9.16 Å². The molecule has 0 bridgehead atoms. The molecule has 0 unspecified atom stereocenters. The second-order valence-corrected chi connectivity index (χ2v) is 15.6. The number of fused-ring (bicyclic) bond motifs is 1. The monoisotopic (exact) mass is 561 g/mol. The number of esters is 1. The van der Waals surface area contributed by atoms with Gasteiger partial charge in [0.1, 0.15) is 11.4 Å². The van der Waals surface area contributed by atoms with Crippen LogP contribution in [0.2, 0.25) is 18.1 Å². The molecule has 1 aromatic carbocycles. The van der Waals surface area contributed by atoms with Gasteiger partial charge in [-0.1, -0.05) is 34.6 Å². The van der Waals surface area contributed by atoms with E-state index < -0.39 is 25.5 Å². The Balaban J connectivity index is 2.71. The van der Waals surface area contributed by atoms with Crippen molar-refractivity contribution in [2.45, 2.75) is 65.7 Å². The van der Waals surface area contributed by atoms with Gasteiger partial charge in [0, 0.05) is 15.2 Å². The fourth-order valence-corrected chi connectivity index (χ4v) is 4.56. The Morgan fingerprint density at radius 3 is 2.39 bits per heavy atom. The van der Waals surface area contributed by atoms with Crippen LogP contribution in [0.3, 0.4) is 0 Å². The number of carbonyl (C=O) groups is 1. The van der Waals surface area contributed by atoms with Crippen LogP contribution >= 0.6 is 22.6 Å². The zero-order valence-corrected chi connectivity index (χ0v) is 22.8. The first-order valence-corrected chi connectivity index (χ1v) is 14.5. The van der Waals surface area contributed by atoms with Gasteiger partial charge in [0.25, 0.3) is 0 Å². The zero-order valence-electron chi connectivity index (χ0n) is 19.6. The van der Waals surface area contributed by atoms with Gasteiger partial charge in [-0.2, -0.15) is 0 Å². The van der Waals surface area contributed by atoms with Gasteiger partial charge in [0.15, 0.2) is 8.32 Å². The number of nitrogens with zero attached hydrogens (tertiary/aromatic N) is 1. The van der Waals surface area contributed by atoms with E-state index in [-0.39, 0.29) is 29.2 Å². The van der Waals surface area contributed by atoms with Crippen molar-refractivity contribution in [3.63, 3.8) is 0 Å². The van der Waals surface area contributed by atoms with Crippen LogP contribution in [0.4, 0.5) is 4.39 Å². The third kappa shape index (κ3) is 5.57. The SMILES string of the molecule is CCOC(=O)c1cn([C@H](CO[Si](C)(C)C(C)(C)C)C(C)C)c2cc(F)c(I)cc2c1=O. The highest BCUT2D eigenvalue weighted by Crippen LogP contribution is 2.38. The van der Waals surface area contributed by atoms with Crippen molar-refractivity contribution >= 4 is 47.8 Å². The summed E-state index contributed by atoms with van der Waals surface area (Å²) < 4.78 is 28.2. The topological polar surface area (TPSA) is 57.5 Å². The van der Waals surface area contributed by atoms with Gasteiger partial charge in [0.2, 0.25) is 5.43 Å². The molecule has 172 valence electrons. The number of carbonyl (C=O) groups excluding carboxylic acids is 1. The lowest BCUT2D eigenvalue weighted by molar-refractivity contribution is 0.0523. The van der Waals surface area contributed by atoms with Gasteiger partial charge < -0.3 is 13.7 Å². The number of hydrogen-bond donors (Lipinski definition) is 0. The van der Waals surface area contributed by atoms with Crippen LogP contribution in [-0.2, 0) is 9.16 Å². The van der Waals surface area contributed by atoms with Crippen molar-refractivity contribution in [1.82, 2.24) is 4.57 Å². The summed E-state index contributed by atoms with van der Waals surface area (Å²) in [6, 6.07) is 2.68. The molecule has 2 rings (SSSR count). The van der Waals surface area contributed by atoms with E-state index in [9.17, 15) is 14.0 Å². The molecule has 2 aromatic rings. The Bertz CT molecular complexity index is 1030. The van der Waals surface area contributed by atoms with Gasteiger partial charge in [-0.15, -0.1) is 0 Å². The minimum absolute atomic E-state index is 0.0401. The van der Waals surface area contributed by atoms with Crippen LogP contribution in [0.5, 0.6) is 0 Å². The average Bonchev–Trinajstić information content (AvgIpc) is 2.64. The van der Waals surface area contributed by atoms with Crippen LogP contribution in [-0.4, -0.2) is 32.1 Å². The summed E-state index contributed by atoms with van der Waals surface area (Å²) in [5.74, 6) is -0.957. The van der Waals surface area contributed by atoms with Gasteiger partial charge >= 0.3 is 5.97 Å². The Morgan fingerprint density at radius 2 is 1.87 bits per heavy atom. The van der Waals surface area contributed by atoms with Crippen molar-refractivity contribution in [1.29, 1.82) is 0 Å². The zero-order chi connectivity index (χ0) is 23.7. The highest BCUT2D eigenvalue weighted by molar-refractivity contribution is 14.1. The van der Waals surface area contributed by atoms with E-state index in [0.717, 1.165) is 0 Å². The van der Waals surface area contributed by atoms with E-state index in [1.807, 2.05) is 27.2 Å². The smallest absolute Gasteiger partial charge is 0.343 e. The highest BCUT2D eigenvalue weighted by Gasteiger charge is 2.38. The fourth-order valence-electron chi connectivity index (χ4n) is 3.08. The predicted octanol–water partition coefficient (Wildman–Crippen LogP) is 6.14. The summed E-state index contributed by atoms with van der Waals surface area (Å²) in [6.45, 7) is 17.3. The molecule has 8 heteroatoms. The Morgan fingerprint density at radius 1 is 1.26 bits per heavy atom. The maximum atomic E-state index is 14.5. The first kappa shape index (κ1) is 26.0. The van der Waals surface area contributed by atoms with Crippen LogP contribution in [0.15, 0.2) is 23.1 Å². The number of rotatable bonds is 7. The predicted molar refractivity (Wildman–Crippen MR) is 134 cm³/mol. The molecule has 0 saturated carbocycles. The van der Waals surface area contributed by atoms with Crippen LogP contribution in [0.1, 0.15) is 57.9 Å². The fraction of sp³-hybridized carbons (Fsp3) is 0.565. The lowest BCUT2D eigenvalue weighted by Gasteiger charge is -2.38. The number of benzene rings is 1. The number of ether oxygens (including phenoxy) is 1. The van der Waals surface area contributed by atoms with Gasteiger partial charge in [-0.05, 0) is 65.7 Å². The third-order valence-electron chi connectivity index (χ3n) is 6.12. The van der Waals surface area contributed by atoms with Crippen molar-refractivity contribution in [2.24, 2.45) is 5.92 Å². The van der Waals surface area contributed by atoms with Gasteiger partial charge in [0.05, 0.1) is 24.8 Å². The van der Waals surface area contributed by atoms with Crippen LogP contribution < -0.4 is 5.43 Å². The van der Waals surface area contributed by atoms with Crippen LogP contribution in [0, 0.1) is 15.3 Å². The van der Waals surface area contributed by atoms with E-state index in [0.29, 0.717) is 21.1 Å². The van der Waals surface area contributed by atoms with Gasteiger partial charge in [-0.25, -0.2) is 9.18 Å². The lowest BCUT2D eigenvalue weighted by Crippen LogP contribution is -2.42. The van der Waals surface area contributed by atoms with Crippen molar-refractivity contribution < 1.29 is 18.3 Å². The van der Waals surface area contributed by atoms with E-state index in [1.165, 1.54) is 18.3 Å². The van der Waals surface area contributed by atoms with Crippen molar-refractivity contribution in [2.75, 3.05) is 13.2 Å². The molecule has 1 heterocycles. The maximum Gasteiger partial charge on any atom is 0.343 e. The Hall–Kier alpha value is -1.26. The molecule has 0 spiro atoms. The molecule has 0 aliphatic carbocycles. The minimum Gasteiger partial charge on any atom is -0.462 e. The largest absolute Gasteiger partial charge is 0.462 e. The number of aromatic nitrogens is 1. The highest BCUT2D eigenvalue weighted by atomic mass is 127. The molecule has 0 N–H and O–H groups in total. The molecule has 5 nitrogen and oxygen atoms in total. The molecule has 0 fully saturated rings. The average molecular weight is 562 g/mol. The third-order valence-corrected chi connectivity index (χ3v) is 11.4. The van der Waals surface area contributed by atoms with Crippen molar-refractivity contribution in [3.05, 3.63) is 43.5 Å². The number of pyridine rings is 1. The van der Waals surface area contributed by atoms with E-state index in [1.54, 1.807) is 6.92 Å². The molecule has 0 aliphatic heterocycles.